The summed E-state index contributed by atoms with van der Waals surface area (Å²) in [5.74, 6) is -2.16. The molecular formula is C9H14N2O5. The summed E-state index contributed by atoms with van der Waals surface area (Å²) < 4.78 is 0. The van der Waals surface area contributed by atoms with Crippen LogP contribution in [-0.4, -0.2) is 47.2 Å². The largest absolute Gasteiger partial charge is 0.479 e. The minimum absolute atomic E-state index is 0.0883. The van der Waals surface area contributed by atoms with E-state index in [1.807, 2.05) is 0 Å². The van der Waals surface area contributed by atoms with E-state index in [-0.39, 0.29) is 30.8 Å². The smallest absolute Gasteiger partial charge is 0.334 e. The summed E-state index contributed by atoms with van der Waals surface area (Å²) >= 11 is 0. The highest BCUT2D eigenvalue weighted by molar-refractivity contribution is 5.84. The highest BCUT2D eigenvalue weighted by atomic mass is 16.4. The van der Waals surface area contributed by atoms with E-state index in [9.17, 15) is 14.4 Å². The number of amides is 2. The van der Waals surface area contributed by atoms with Gasteiger partial charge in [0, 0.05) is 13.0 Å². The molecule has 0 radical (unpaired) electrons. The molecule has 1 aliphatic heterocycles. The van der Waals surface area contributed by atoms with Crippen molar-refractivity contribution < 1.29 is 24.6 Å². The van der Waals surface area contributed by atoms with E-state index >= 15 is 0 Å². The van der Waals surface area contributed by atoms with Gasteiger partial charge in [-0.3, -0.25) is 9.59 Å². The number of hydrogen-bond acceptors (Lipinski definition) is 4. The van der Waals surface area contributed by atoms with Crippen LogP contribution in [0.1, 0.15) is 12.8 Å². The van der Waals surface area contributed by atoms with Crippen molar-refractivity contribution in [3.8, 4) is 0 Å². The van der Waals surface area contributed by atoms with Crippen molar-refractivity contribution in [2.45, 2.75) is 18.9 Å². The fourth-order valence-corrected chi connectivity index (χ4v) is 1.39. The number of hydrogen-bond donors (Lipinski definition) is 4. The summed E-state index contributed by atoms with van der Waals surface area (Å²) in [6, 6.07) is 0. The average Bonchev–Trinajstić information content (AvgIpc) is 2.26. The van der Waals surface area contributed by atoms with Crippen molar-refractivity contribution in [3.63, 3.8) is 0 Å². The molecule has 0 aromatic heterocycles. The maximum atomic E-state index is 11.5. The van der Waals surface area contributed by atoms with Crippen molar-refractivity contribution in [1.82, 2.24) is 10.6 Å². The lowest BCUT2D eigenvalue weighted by molar-refractivity contribution is -0.146. The molecule has 7 nitrogen and oxygen atoms in total. The van der Waals surface area contributed by atoms with Crippen LogP contribution in [-0.2, 0) is 14.4 Å². The van der Waals surface area contributed by atoms with Crippen molar-refractivity contribution in [1.29, 1.82) is 0 Å². The lowest BCUT2D eigenvalue weighted by Crippen LogP contribution is -2.45. The van der Waals surface area contributed by atoms with Crippen molar-refractivity contribution in [3.05, 3.63) is 0 Å². The Morgan fingerprint density at radius 2 is 2.25 bits per heavy atom. The summed E-state index contributed by atoms with van der Waals surface area (Å²) in [5.41, 5.74) is 0. The first-order chi connectivity index (χ1) is 7.50. The van der Waals surface area contributed by atoms with E-state index in [1.165, 1.54) is 0 Å². The minimum atomic E-state index is -1.60. The summed E-state index contributed by atoms with van der Waals surface area (Å²) in [7, 11) is 0. The Morgan fingerprint density at radius 1 is 1.56 bits per heavy atom. The van der Waals surface area contributed by atoms with Crippen LogP contribution in [0.2, 0.25) is 0 Å². The fourth-order valence-electron chi connectivity index (χ4n) is 1.39. The molecule has 16 heavy (non-hydrogen) atoms. The molecule has 2 amide bonds. The summed E-state index contributed by atoms with van der Waals surface area (Å²) in [4.78, 5) is 32.6. The number of rotatable bonds is 4. The highest BCUT2D eigenvalue weighted by Gasteiger charge is 2.25. The zero-order valence-corrected chi connectivity index (χ0v) is 8.60. The number of aliphatic carboxylic acids is 1. The quantitative estimate of drug-likeness (QED) is 0.449. The van der Waals surface area contributed by atoms with E-state index in [0.717, 1.165) is 0 Å². The number of nitrogens with one attached hydrogen (secondary N) is 2. The van der Waals surface area contributed by atoms with Crippen molar-refractivity contribution in [2.24, 2.45) is 5.92 Å². The maximum absolute atomic E-state index is 11.5. The Morgan fingerprint density at radius 3 is 2.75 bits per heavy atom. The van der Waals surface area contributed by atoms with Gasteiger partial charge in [0.05, 0.1) is 12.5 Å². The van der Waals surface area contributed by atoms with Crippen LogP contribution in [0.15, 0.2) is 0 Å². The molecule has 2 atom stereocenters. The standard InChI is InChI=1S/C9H14N2O5/c12-6(9(15)16)4-11-8(14)5-1-2-7(13)10-3-5/h5-6,12H,1-4H2,(H,10,13)(H,11,14)(H,15,16)/t5?,6-/m0/s1. The second kappa shape index (κ2) is 5.45. The van der Waals surface area contributed by atoms with Crippen molar-refractivity contribution >= 4 is 17.8 Å². The molecule has 1 aliphatic rings. The Kier molecular flexibility index (Phi) is 4.24. The Hall–Kier alpha value is -1.63. The van der Waals surface area contributed by atoms with E-state index < -0.39 is 12.1 Å². The van der Waals surface area contributed by atoms with Crippen LogP contribution < -0.4 is 10.6 Å². The number of aliphatic hydroxyl groups excluding tert-OH is 1. The van der Waals surface area contributed by atoms with Gasteiger partial charge in [0.2, 0.25) is 11.8 Å². The molecule has 1 heterocycles. The lowest BCUT2D eigenvalue weighted by Gasteiger charge is -2.21. The molecule has 1 fully saturated rings. The van der Waals surface area contributed by atoms with Gasteiger partial charge < -0.3 is 20.8 Å². The number of aliphatic hydroxyl groups is 1. The second-order valence-electron chi connectivity index (χ2n) is 3.64. The van der Waals surface area contributed by atoms with Crippen LogP contribution in [0.3, 0.4) is 0 Å². The van der Waals surface area contributed by atoms with Gasteiger partial charge in [-0.05, 0) is 6.42 Å². The average molecular weight is 230 g/mol. The first-order valence-corrected chi connectivity index (χ1v) is 4.96. The van der Waals surface area contributed by atoms with Crippen LogP contribution in [0.25, 0.3) is 0 Å². The van der Waals surface area contributed by atoms with E-state index in [1.54, 1.807) is 0 Å². The fraction of sp³-hybridized carbons (Fsp3) is 0.667. The molecule has 90 valence electrons. The summed E-state index contributed by atoms with van der Waals surface area (Å²) in [6.45, 7) is -0.0630. The third-order valence-corrected chi connectivity index (χ3v) is 2.39. The van der Waals surface area contributed by atoms with Gasteiger partial charge >= 0.3 is 5.97 Å². The molecule has 0 aliphatic carbocycles. The summed E-state index contributed by atoms with van der Waals surface area (Å²) in [5, 5.41) is 22.2. The molecule has 0 saturated carbocycles. The predicted octanol–water partition coefficient (Wildman–Crippen LogP) is -1.93. The van der Waals surface area contributed by atoms with Crippen LogP contribution in [0, 0.1) is 5.92 Å². The van der Waals surface area contributed by atoms with Gasteiger partial charge in [-0.15, -0.1) is 0 Å². The number of carbonyl (C=O) groups excluding carboxylic acids is 2. The monoisotopic (exact) mass is 230 g/mol. The first kappa shape index (κ1) is 12.4. The summed E-state index contributed by atoms with van der Waals surface area (Å²) in [6.07, 6.45) is -0.859. The van der Waals surface area contributed by atoms with E-state index in [0.29, 0.717) is 12.8 Å². The molecule has 4 N–H and O–H groups in total. The van der Waals surface area contributed by atoms with E-state index in [2.05, 4.69) is 10.6 Å². The van der Waals surface area contributed by atoms with Crippen molar-refractivity contribution in [2.75, 3.05) is 13.1 Å². The zero-order valence-electron chi connectivity index (χ0n) is 8.60. The predicted molar refractivity (Wildman–Crippen MR) is 52.4 cm³/mol. The molecule has 7 heteroatoms. The first-order valence-electron chi connectivity index (χ1n) is 4.96. The van der Waals surface area contributed by atoms with Gasteiger partial charge in [0.15, 0.2) is 6.10 Å². The third-order valence-electron chi connectivity index (χ3n) is 2.39. The molecule has 0 spiro atoms. The molecule has 1 saturated heterocycles. The van der Waals surface area contributed by atoms with Gasteiger partial charge in [-0.25, -0.2) is 4.79 Å². The molecular weight excluding hydrogens is 216 g/mol. The normalized spacial score (nSPS) is 22.1. The van der Waals surface area contributed by atoms with Crippen LogP contribution in [0.4, 0.5) is 0 Å². The molecule has 1 rings (SSSR count). The number of carbonyl (C=O) groups is 3. The Balaban J connectivity index is 2.30. The second-order valence-corrected chi connectivity index (χ2v) is 3.64. The highest BCUT2D eigenvalue weighted by Crippen LogP contribution is 2.10. The number of piperidine rings is 1. The van der Waals surface area contributed by atoms with Gasteiger partial charge in [-0.1, -0.05) is 0 Å². The van der Waals surface area contributed by atoms with Crippen LogP contribution in [0.5, 0.6) is 0 Å². The van der Waals surface area contributed by atoms with E-state index in [4.69, 9.17) is 10.2 Å². The SMILES string of the molecule is O=C1CCC(C(=O)NC[C@H](O)C(=O)O)CN1. The third kappa shape index (κ3) is 3.50. The van der Waals surface area contributed by atoms with Gasteiger partial charge in [0.25, 0.3) is 0 Å². The molecule has 0 bridgehead atoms. The Bertz CT molecular complexity index is 294. The topological polar surface area (TPSA) is 116 Å². The number of carboxylic acids is 1. The van der Waals surface area contributed by atoms with Gasteiger partial charge in [0.1, 0.15) is 0 Å². The number of carboxylic acid groups (broad SMARTS) is 1. The minimum Gasteiger partial charge on any atom is -0.479 e. The molecule has 0 aromatic carbocycles. The van der Waals surface area contributed by atoms with Crippen LogP contribution >= 0.6 is 0 Å². The maximum Gasteiger partial charge on any atom is 0.334 e. The van der Waals surface area contributed by atoms with Gasteiger partial charge in [-0.2, -0.15) is 0 Å². The lowest BCUT2D eigenvalue weighted by atomic mass is 9.98. The Labute approximate surface area is 91.8 Å². The zero-order chi connectivity index (χ0) is 12.1. The molecule has 1 unspecified atom stereocenters. The molecule has 0 aromatic rings.